The fourth-order valence-corrected chi connectivity index (χ4v) is 2.41. The zero-order valence-corrected chi connectivity index (χ0v) is 11.3. The Morgan fingerprint density at radius 3 is 2.94 bits per heavy atom. The average Bonchev–Trinajstić information content (AvgIpc) is 2.81. The first-order valence-electron chi connectivity index (χ1n) is 4.88. The van der Waals surface area contributed by atoms with Gasteiger partial charge >= 0.3 is 0 Å². The summed E-state index contributed by atoms with van der Waals surface area (Å²) in [5.74, 6) is 0.857. The molecule has 0 fully saturated rings. The second-order valence-electron chi connectivity index (χ2n) is 3.33. The summed E-state index contributed by atoms with van der Waals surface area (Å²) < 4.78 is 6.23. The van der Waals surface area contributed by atoms with Crippen molar-refractivity contribution in [2.24, 2.45) is 0 Å². The van der Waals surface area contributed by atoms with Crippen LogP contribution in [0, 0.1) is 0 Å². The minimum Gasteiger partial charge on any atom is -0.497 e. The molecule has 0 bridgehead atoms. The maximum absolute atomic E-state index is 5.19. The van der Waals surface area contributed by atoms with Gasteiger partial charge in [0.15, 0.2) is 0 Å². The number of nitrogens with one attached hydrogen (secondary N) is 1. The Hall–Kier alpha value is -1.00. The molecule has 0 spiro atoms. The molecule has 0 aliphatic heterocycles. The Labute approximate surface area is 107 Å². The number of thiophene rings is 1. The first-order chi connectivity index (χ1) is 7.79. The van der Waals surface area contributed by atoms with E-state index < -0.39 is 0 Å². The summed E-state index contributed by atoms with van der Waals surface area (Å²) in [6.45, 7) is 0.829. The number of anilines is 1. The molecule has 0 radical (unpaired) electrons. The van der Waals surface area contributed by atoms with E-state index in [1.807, 2.05) is 18.2 Å². The van der Waals surface area contributed by atoms with Crippen molar-refractivity contribution in [3.05, 3.63) is 45.1 Å². The second kappa shape index (κ2) is 5.37. The molecule has 2 nitrogen and oxygen atoms in total. The Bertz CT molecular complexity index is 456. The molecular formula is C12H12BrNOS. The van der Waals surface area contributed by atoms with E-state index in [-0.39, 0.29) is 0 Å². The van der Waals surface area contributed by atoms with Crippen LogP contribution < -0.4 is 10.1 Å². The van der Waals surface area contributed by atoms with Crippen LogP contribution in [0.5, 0.6) is 5.75 Å². The lowest BCUT2D eigenvalue weighted by molar-refractivity contribution is 0.415. The standard InChI is InChI=1S/C12H12BrNOS/c1-15-10-2-3-11(13)12(6-10)14-7-9-4-5-16-8-9/h2-6,8,14H,7H2,1H3. The van der Waals surface area contributed by atoms with Crippen LogP contribution in [0.1, 0.15) is 5.56 Å². The predicted octanol–water partition coefficient (Wildman–Crippen LogP) is 4.13. The highest BCUT2D eigenvalue weighted by atomic mass is 79.9. The molecule has 2 rings (SSSR count). The fraction of sp³-hybridized carbons (Fsp3) is 0.167. The summed E-state index contributed by atoms with van der Waals surface area (Å²) in [4.78, 5) is 0. The molecule has 1 heterocycles. The highest BCUT2D eigenvalue weighted by Gasteiger charge is 2.01. The third-order valence-electron chi connectivity index (χ3n) is 2.24. The van der Waals surface area contributed by atoms with Crippen LogP contribution in [0.2, 0.25) is 0 Å². The third kappa shape index (κ3) is 2.77. The van der Waals surface area contributed by atoms with Crippen molar-refractivity contribution in [3.8, 4) is 5.75 Å². The van der Waals surface area contributed by atoms with Gasteiger partial charge in [-0.3, -0.25) is 0 Å². The van der Waals surface area contributed by atoms with Gasteiger partial charge in [0.2, 0.25) is 0 Å². The number of halogens is 1. The van der Waals surface area contributed by atoms with Crippen LogP contribution in [0.15, 0.2) is 39.5 Å². The molecule has 0 aliphatic rings. The quantitative estimate of drug-likeness (QED) is 0.916. The number of ether oxygens (including phenoxy) is 1. The number of hydrogen-bond donors (Lipinski definition) is 1. The molecule has 0 atom stereocenters. The van der Waals surface area contributed by atoms with E-state index in [9.17, 15) is 0 Å². The van der Waals surface area contributed by atoms with Crippen molar-refractivity contribution in [1.29, 1.82) is 0 Å². The van der Waals surface area contributed by atoms with Crippen molar-refractivity contribution in [1.82, 2.24) is 0 Å². The molecule has 0 amide bonds. The smallest absolute Gasteiger partial charge is 0.121 e. The molecule has 84 valence electrons. The monoisotopic (exact) mass is 297 g/mol. The lowest BCUT2D eigenvalue weighted by atomic mass is 10.3. The Morgan fingerprint density at radius 1 is 1.38 bits per heavy atom. The average molecular weight is 298 g/mol. The topological polar surface area (TPSA) is 21.3 Å². The SMILES string of the molecule is COc1ccc(Br)c(NCc2ccsc2)c1. The van der Waals surface area contributed by atoms with E-state index in [4.69, 9.17) is 4.74 Å². The van der Waals surface area contributed by atoms with Crippen LogP contribution in [0.4, 0.5) is 5.69 Å². The highest BCUT2D eigenvalue weighted by molar-refractivity contribution is 9.10. The maximum atomic E-state index is 5.19. The van der Waals surface area contributed by atoms with Crippen molar-refractivity contribution in [3.63, 3.8) is 0 Å². The normalized spacial score (nSPS) is 10.1. The lowest BCUT2D eigenvalue weighted by Crippen LogP contribution is -1.99. The van der Waals surface area contributed by atoms with E-state index in [0.29, 0.717) is 0 Å². The van der Waals surface area contributed by atoms with Crippen LogP contribution >= 0.6 is 27.3 Å². The van der Waals surface area contributed by atoms with Gasteiger partial charge in [0.1, 0.15) is 5.75 Å². The Kier molecular flexibility index (Phi) is 3.85. The van der Waals surface area contributed by atoms with Gasteiger partial charge in [-0.1, -0.05) is 0 Å². The van der Waals surface area contributed by atoms with E-state index in [2.05, 4.69) is 38.1 Å². The van der Waals surface area contributed by atoms with Gasteiger partial charge in [0.25, 0.3) is 0 Å². The Balaban J connectivity index is 2.08. The molecule has 16 heavy (non-hydrogen) atoms. The van der Waals surface area contributed by atoms with Crippen LogP contribution in [0.25, 0.3) is 0 Å². The summed E-state index contributed by atoms with van der Waals surface area (Å²) in [7, 11) is 1.67. The lowest BCUT2D eigenvalue weighted by Gasteiger charge is -2.09. The van der Waals surface area contributed by atoms with Crippen molar-refractivity contribution < 1.29 is 4.74 Å². The van der Waals surface area contributed by atoms with Gasteiger partial charge in [-0.25, -0.2) is 0 Å². The molecule has 0 aliphatic carbocycles. The molecule has 1 N–H and O–H groups in total. The maximum Gasteiger partial charge on any atom is 0.121 e. The van der Waals surface area contributed by atoms with Crippen molar-refractivity contribution in [2.75, 3.05) is 12.4 Å². The Morgan fingerprint density at radius 2 is 2.25 bits per heavy atom. The summed E-state index contributed by atoms with van der Waals surface area (Å²) in [6.07, 6.45) is 0. The summed E-state index contributed by atoms with van der Waals surface area (Å²) >= 11 is 5.22. The molecule has 4 heteroatoms. The molecular weight excluding hydrogens is 286 g/mol. The van der Waals surface area contributed by atoms with Crippen LogP contribution in [-0.2, 0) is 6.54 Å². The van der Waals surface area contributed by atoms with Gasteiger partial charge < -0.3 is 10.1 Å². The minimum absolute atomic E-state index is 0.829. The first-order valence-corrected chi connectivity index (χ1v) is 6.61. The van der Waals surface area contributed by atoms with Crippen LogP contribution in [-0.4, -0.2) is 7.11 Å². The zero-order valence-electron chi connectivity index (χ0n) is 8.87. The van der Waals surface area contributed by atoms with Crippen LogP contribution in [0.3, 0.4) is 0 Å². The van der Waals surface area contributed by atoms with Gasteiger partial charge in [0, 0.05) is 17.1 Å². The summed E-state index contributed by atoms with van der Waals surface area (Å²) in [5.41, 5.74) is 2.34. The molecule has 0 unspecified atom stereocenters. The zero-order chi connectivity index (χ0) is 11.4. The van der Waals surface area contributed by atoms with Gasteiger partial charge in [0.05, 0.1) is 12.8 Å². The molecule has 1 aromatic heterocycles. The van der Waals surface area contributed by atoms with Crippen molar-refractivity contribution >= 4 is 33.0 Å². The molecule has 0 saturated carbocycles. The third-order valence-corrected chi connectivity index (χ3v) is 3.66. The van der Waals surface area contributed by atoms with E-state index in [1.54, 1.807) is 18.4 Å². The van der Waals surface area contributed by atoms with Crippen molar-refractivity contribution in [2.45, 2.75) is 6.54 Å². The summed E-state index contributed by atoms with van der Waals surface area (Å²) in [5, 5.41) is 7.59. The van der Waals surface area contributed by atoms with Gasteiger partial charge in [-0.15, -0.1) is 0 Å². The number of hydrogen-bond acceptors (Lipinski definition) is 3. The molecule has 0 saturated heterocycles. The number of methoxy groups -OCH3 is 1. The second-order valence-corrected chi connectivity index (χ2v) is 4.97. The van der Waals surface area contributed by atoms with Gasteiger partial charge in [-0.2, -0.15) is 11.3 Å². The number of benzene rings is 1. The summed E-state index contributed by atoms with van der Waals surface area (Å²) in [6, 6.07) is 8.01. The van der Waals surface area contributed by atoms with Gasteiger partial charge in [-0.05, 0) is 50.5 Å². The fourth-order valence-electron chi connectivity index (χ4n) is 1.36. The molecule has 1 aromatic carbocycles. The van der Waals surface area contributed by atoms with E-state index in [0.717, 1.165) is 22.5 Å². The molecule has 2 aromatic rings. The number of rotatable bonds is 4. The van der Waals surface area contributed by atoms with E-state index in [1.165, 1.54) is 5.56 Å². The largest absolute Gasteiger partial charge is 0.497 e. The predicted molar refractivity (Wildman–Crippen MR) is 72.3 cm³/mol. The van der Waals surface area contributed by atoms with E-state index >= 15 is 0 Å². The minimum atomic E-state index is 0.829. The first kappa shape index (κ1) is 11.5. The highest BCUT2D eigenvalue weighted by Crippen LogP contribution is 2.27.